The van der Waals surface area contributed by atoms with Gasteiger partial charge in [-0.3, -0.25) is 5.10 Å². The average Bonchev–Trinajstić information content (AvgIpc) is 2.81. The Bertz CT molecular complexity index is 433. The zero-order valence-electron chi connectivity index (χ0n) is 10.1. The normalized spacial score (nSPS) is 49.6. The molecular weight excluding hydrogens is 250 g/mol. The van der Waals surface area contributed by atoms with Crippen molar-refractivity contribution in [1.82, 2.24) is 10.2 Å². The van der Waals surface area contributed by atoms with E-state index < -0.39 is 5.60 Å². The molecule has 0 spiro atoms. The molecular formula is C13H18ClN3O. The van der Waals surface area contributed by atoms with Crippen molar-refractivity contribution in [3.63, 3.8) is 0 Å². The van der Waals surface area contributed by atoms with Gasteiger partial charge in [-0.1, -0.05) is 0 Å². The standard InChI is InChI=1S/C13H18ClN3O/c14-12-7-1-8-3-13(12,18)4-9(2-7)11(8)17-10-5-15-16-6-10/h5-9,11-12,17-18H,1-4H2,(H,15,16)/t7?,8-,9?,11?,12?,13?/m1/s1. The third-order valence-electron chi connectivity index (χ3n) is 5.22. The van der Waals surface area contributed by atoms with Gasteiger partial charge in [0.25, 0.3) is 0 Å². The van der Waals surface area contributed by atoms with Gasteiger partial charge in [0.15, 0.2) is 0 Å². The van der Waals surface area contributed by atoms with E-state index in [-0.39, 0.29) is 5.38 Å². The molecule has 1 aromatic heterocycles. The van der Waals surface area contributed by atoms with Crippen LogP contribution in [0.4, 0.5) is 5.69 Å². The lowest BCUT2D eigenvalue weighted by Crippen LogP contribution is -2.64. The topological polar surface area (TPSA) is 60.9 Å². The second kappa shape index (κ2) is 3.64. The van der Waals surface area contributed by atoms with Crippen molar-refractivity contribution in [1.29, 1.82) is 0 Å². The van der Waals surface area contributed by atoms with E-state index in [1.807, 2.05) is 12.4 Å². The number of nitrogens with one attached hydrogen (secondary N) is 2. The molecule has 18 heavy (non-hydrogen) atoms. The third-order valence-corrected chi connectivity index (χ3v) is 5.98. The van der Waals surface area contributed by atoms with Gasteiger partial charge >= 0.3 is 0 Å². The largest absolute Gasteiger partial charge is 0.388 e. The van der Waals surface area contributed by atoms with Crippen LogP contribution in [0.1, 0.15) is 25.7 Å². The molecule has 1 heterocycles. The Hall–Kier alpha value is -0.740. The Morgan fingerprint density at radius 2 is 2.06 bits per heavy atom. The average molecular weight is 268 g/mol. The van der Waals surface area contributed by atoms with Gasteiger partial charge in [0, 0.05) is 12.2 Å². The zero-order valence-corrected chi connectivity index (χ0v) is 10.9. The molecule has 5 rings (SSSR count). The van der Waals surface area contributed by atoms with Gasteiger partial charge in [-0.2, -0.15) is 5.10 Å². The molecule has 5 heteroatoms. The Labute approximate surface area is 111 Å². The van der Waals surface area contributed by atoms with Crippen molar-refractivity contribution in [2.75, 3.05) is 5.32 Å². The molecule has 0 amide bonds. The smallest absolute Gasteiger partial charge is 0.0820 e. The first-order chi connectivity index (χ1) is 8.66. The fraction of sp³-hybridized carbons (Fsp3) is 0.769. The summed E-state index contributed by atoms with van der Waals surface area (Å²) in [5.41, 5.74) is 0.453. The minimum absolute atomic E-state index is 0.0279. The number of halogens is 1. The number of aromatic nitrogens is 2. The van der Waals surface area contributed by atoms with Crippen molar-refractivity contribution in [2.45, 2.75) is 42.7 Å². The van der Waals surface area contributed by atoms with Crippen molar-refractivity contribution in [3.05, 3.63) is 12.4 Å². The molecule has 0 radical (unpaired) electrons. The fourth-order valence-corrected chi connectivity index (χ4v) is 5.01. The van der Waals surface area contributed by atoms with Gasteiger partial charge < -0.3 is 10.4 Å². The highest BCUT2D eigenvalue weighted by Gasteiger charge is 2.59. The minimum Gasteiger partial charge on any atom is -0.388 e. The monoisotopic (exact) mass is 267 g/mol. The number of aliphatic hydroxyl groups is 1. The first-order valence-corrected chi connectivity index (χ1v) is 7.21. The number of rotatable bonds is 2. The summed E-state index contributed by atoms with van der Waals surface area (Å²) in [5.74, 6) is 1.62. The van der Waals surface area contributed by atoms with Crippen molar-refractivity contribution < 1.29 is 5.11 Å². The molecule has 1 aromatic rings. The molecule has 6 atom stereocenters. The van der Waals surface area contributed by atoms with E-state index in [1.165, 1.54) is 0 Å². The number of hydrogen-bond acceptors (Lipinski definition) is 3. The minimum atomic E-state index is -0.605. The first-order valence-electron chi connectivity index (χ1n) is 6.77. The number of hydrogen-bond donors (Lipinski definition) is 3. The van der Waals surface area contributed by atoms with Gasteiger partial charge in [-0.15, -0.1) is 11.6 Å². The Kier molecular flexibility index (Phi) is 2.25. The third kappa shape index (κ3) is 1.45. The van der Waals surface area contributed by atoms with Gasteiger partial charge in [-0.05, 0) is 43.4 Å². The number of anilines is 1. The number of alkyl halides is 1. The number of H-pyrrole nitrogens is 1. The summed E-state index contributed by atoms with van der Waals surface area (Å²) < 4.78 is 0. The fourth-order valence-electron chi connectivity index (χ4n) is 4.62. The molecule has 4 saturated carbocycles. The summed E-state index contributed by atoms with van der Waals surface area (Å²) in [5, 5.41) is 21.0. The molecule has 4 aliphatic rings. The summed E-state index contributed by atoms with van der Waals surface area (Å²) >= 11 is 6.42. The van der Waals surface area contributed by atoms with Gasteiger partial charge in [0.2, 0.25) is 0 Å². The van der Waals surface area contributed by atoms with Crippen molar-refractivity contribution >= 4 is 17.3 Å². The summed E-state index contributed by atoms with van der Waals surface area (Å²) in [6, 6.07) is 0.475. The maximum Gasteiger partial charge on any atom is 0.0820 e. The lowest BCUT2D eigenvalue weighted by molar-refractivity contribution is -0.125. The highest BCUT2D eigenvalue weighted by molar-refractivity contribution is 6.21. The molecule has 0 aliphatic heterocycles. The van der Waals surface area contributed by atoms with Gasteiger partial charge in [-0.25, -0.2) is 0 Å². The van der Waals surface area contributed by atoms with Crippen LogP contribution in [0.3, 0.4) is 0 Å². The molecule has 98 valence electrons. The van der Waals surface area contributed by atoms with Crippen LogP contribution >= 0.6 is 11.6 Å². The molecule has 0 aromatic carbocycles. The maximum atomic E-state index is 10.6. The molecule has 0 saturated heterocycles. The van der Waals surface area contributed by atoms with Crippen molar-refractivity contribution in [2.24, 2.45) is 17.8 Å². The van der Waals surface area contributed by atoms with Crippen LogP contribution in [0.2, 0.25) is 0 Å². The highest BCUT2D eigenvalue weighted by atomic mass is 35.5. The predicted octanol–water partition coefficient (Wildman–Crippen LogP) is 1.98. The SMILES string of the molecule is OC12CC3CC(C[C@H](C1)C3Nc1cn[nH]c1)C2Cl. The van der Waals surface area contributed by atoms with E-state index in [9.17, 15) is 5.11 Å². The van der Waals surface area contributed by atoms with E-state index in [2.05, 4.69) is 15.5 Å². The van der Waals surface area contributed by atoms with Crippen LogP contribution in [0.5, 0.6) is 0 Å². The van der Waals surface area contributed by atoms with Gasteiger partial charge in [0.05, 0.1) is 22.9 Å². The van der Waals surface area contributed by atoms with Crippen LogP contribution in [0, 0.1) is 17.8 Å². The highest BCUT2D eigenvalue weighted by Crippen LogP contribution is 2.57. The second-order valence-corrected chi connectivity index (χ2v) is 6.79. The number of aromatic amines is 1. The molecule has 4 bridgehead atoms. The molecule has 4 nitrogen and oxygen atoms in total. The van der Waals surface area contributed by atoms with E-state index in [0.717, 1.165) is 31.4 Å². The van der Waals surface area contributed by atoms with Crippen LogP contribution in [-0.4, -0.2) is 32.3 Å². The summed E-state index contributed by atoms with van der Waals surface area (Å²) in [4.78, 5) is 0. The van der Waals surface area contributed by atoms with E-state index >= 15 is 0 Å². The van der Waals surface area contributed by atoms with Crippen LogP contribution in [0.15, 0.2) is 12.4 Å². The summed E-state index contributed by atoms with van der Waals surface area (Å²) in [6.45, 7) is 0. The Morgan fingerprint density at radius 1 is 1.33 bits per heavy atom. The molecule has 4 aliphatic carbocycles. The van der Waals surface area contributed by atoms with E-state index in [1.54, 1.807) is 0 Å². The molecule has 5 unspecified atom stereocenters. The van der Waals surface area contributed by atoms with E-state index in [4.69, 9.17) is 11.6 Å². The first kappa shape index (κ1) is 11.1. The zero-order chi connectivity index (χ0) is 12.3. The Balaban J connectivity index is 1.59. The quantitative estimate of drug-likeness (QED) is 0.718. The predicted molar refractivity (Wildman–Crippen MR) is 69.5 cm³/mol. The Morgan fingerprint density at radius 3 is 2.61 bits per heavy atom. The summed E-state index contributed by atoms with van der Waals surface area (Å²) in [6.07, 6.45) is 7.73. The molecule has 4 fully saturated rings. The molecule has 3 N–H and O–H groups in total. The van der Waals surface area contributed by atoms with Crippen LogP contribution < -0.4 is 5.32 Å². The maximum absolute atomic E-state index is 10.6. The number of nitrogens with zero attached hydrogens (tertiary/aromatic N) is 1. The van der Waals surface area contributed by atoms with E-state index in [0.29, 0.717) is 23.8 Å². The second-order valence-electron chi connectivity index (χ2n) is 6.32. The lowest BCUT2D eigenvalue weighted by atomic mass is 9.52. The van der Waals surface area contributed by atoms with Crippen LogP contribution in [-0.2, 0) is 0 Å². The lowest BCUT2D eigenvalue weighted by Gasteiger charge is -2.60. The van der Waals surface area contributed by atoms with Gasteiger partial charge in [0.1, 0.15) is 0 Å². The summed E-state index contributed by atoms with van der Waals surface area (Å²) in [7, 11) is 0. The van der Waals surface area contributed by atoms with Crippen molar-refractivity contribution in [3.8, 4) is 0 Å². The van der Waals surface area contributed by atoms with Crippen LogP contribution in [0.25, 0.3) is 0 Å².